The van der Waals surface area contributed by atoms with Crippen LogP contribution in [0.4, 0.5) is 18.0 Å². The summed E-state index contributed by atoms with van der Waals surface area (Å²) in [5.74, 6) is 2.18. The SMILES string of the molecule is C#CC1=[N+](C(=O)OC(C)(C)C)CCN(CC(Oc2cnc(C(=O)OC)c(C)c2)c2ccc(C)c(C(F)(F)F)c2)C1. The quantitative estimate of drug-likeness (QED) is 0.281. The fourth-order valence-electron chi connectivity index (χ4n) is 4.23. The van der Waals surface area contributed by atoms with Gasteiger partial charge in [-0.1, -0.05) is 12.1 Å². The van der Waals surface area contributed by atoms with Crippen molar-refractivity contribution in [3.63, 3.8) is 0 Å². The van der Waals surface area contributed by atoms with Gasteiger partial charge in [-0.2, -0.15) is 18.0 Å². The van der Waals surface area contributed by atoms with E-state index in [-0.39, 0.29) is 36.6 Å². The van der Waals surface area contributed by atoms with Crippen LogP contribution in [0.15, 0.2) is 30.5 Å². The second-order valence-electron chi connectivity index (χ2n) is 10.5. The normalized spacial score (nSPS) is 15.3. The average molecular weight is 561 g/mol. The van der Waals surface area contributed by atoms with E-state index in [0.29, 0.717) is 23.4 Å². The molecule has 11 heteroatoms. The van der Waals surface area contributed by atoms with Crippen molar-refractivity contribution in [1.29, 1.82) is 0 Å². The molecule has 8 nitrogen and oxygen atoms in total. The van der Waals surface area contributed by atoms with Crippen molar-refractivity contribution in [2.45, 2.75) is 52.5 Å². The first kappa shape index (κ1) is 30.6. The maximum Gasteiger partial charge on any atom is 0.597 e. The summed E-state index contributed by atoms with van der Waals surface area (Å²) in [7, 11) is 1.24. The minimum atomic E-state index is -4.55. The van der Waals surface area contributed by atoms with E-state index in [1.807, 2.05) is 4.90 Å². The first-order valence-electron chi connectivity index (χ1n) is 12.6. The standard InChI is InChI=1S/C29H33F3N3O5/c1-8-21-16-34(11-12-35(21)27(37)40-28(4,5)6)17-24(20-10-9-18(2)23(14-20)29(30,31)32)39-22-13-19(3)25(33-15-22)26(36)38-7/h1,9-10,13-15,24H,11-12,16-17H2,2-7H3/q+1. The van der Waals surface area contributed by atoms with Crippen LogP contribution in [0.1, 0.15) is 59.6 Å². The molecule has 1 aromatic heterocycles. The Balaban J connectivity index is 1.95. The molecule has 0 N–H and O–H groups in total. The lowest BCUT2D eigenvalue weighted by Gasteiger charge is -2.30. The number of carbonyl (C=O) groups excluding carboxylic acids is 2. The van der Waals surface area contributed by atoms with Crippen molar-refractivity contribution < 1.29 is 41.5 Å². The second-order valence-corrected chi connectivity index (χ2v) is 10.5. The summed E-state index contributed by atoms with van der Waals surface area (Å²) < 4.78 is 59.0. The van der Waals surface area contributed by atoms with Crippen LogP contribution in [0.5, 0.6) is 5.75 Å². The zero-order valence-corrected chi connectivity index (χ0v) is 23.4. The molecule has 40 heavy (non-hydrogen) atoms. The van der Waals surface area contributed by atoms with E-state index >= 15 is 0 Å². The van der Waals surface area contributed by atoms with Gasteiger partial charge in [-0.25, -0.2) is 9.78 Å². The van der Waals surface area contributed by atoms with Crippen molar-refractivity contribution >= 4 is 17.8 Å². The number of aromatic nitrogens is 1. The largest absolute Gasteiger partial charge is 0.597 e. The summed E-state index contributed by atoms with van der Waals surface area (Å²) in [6, 6.07) is 5.63. The molecule has 0 saturated heterocycles. The smallest absolute Gasteiger partial charge is 0.483 e. The van der Waals surface area contributed by atoms with Crippen LogP contribution in [0, 0.1) is 26.2 Å². The van der Waals surface area contributed by atoms with Crippen molar-refractivity contribution in [3.8, 4) is 18.1 Å². The molecular weight excluding hydrogens is 527 g/mol. The van der Waals surface area contributed by atoms with Crippen LogP contribution >= 0.6 is 0 Å². The first-order valence-corrected chi connectivity index (χ1v) is 12.6. The van der Waals surface area contributed by atoms with Gasteiger partial charge in [-0.05, 0) is 69.4 Å². The predicted molar refractivity (Wildman–Crippen MR) is 142 cm³/mol. The monoisotopic (exact) mass is 560 g/mol. The van der Waals surface area contributed by atoms with Gasteiger partial charge in [-0.15, -0.1) is 11.0 Å². The number of terminal acetylenes is 1. The van der Waals surface area contributed by atoms with Crippen molar-refractivity contribution in [2.24, 2.45) is 0 Å². The molecule has 2 aromatic rings. The molecule has 1 atom stereocenters. The summed E-state index contributed by atoms with van der Waals surface area (Å²) in [5, 5.41) is 0. The van der Waals surface area contributed by atoms with E-state index in [2.05, 4.69) is 10.9 Å². The fourth-order valence-corrected chi connectivity index (χ4v) is 4.23. The number of nitrogens with zero attached hydrogens (tertiary/aromatic N) is 3. The summed E-state index contributed by atoms with van der Waals surface area (Å²) in [6.45, 7) is 9.26. The Bertz CT molecular complexity index is 1360. The summed E-state index contributed by atoms with van der Waals surface area (Å²) in [5.41, 5.74) is -0.124. The molecular formula is C29H33F3N3O5+. The number of hydrogen-bond acceptors (Lipinski definition) is 7. The number of amides is 1. The van der Waals surface area contributed by atoms with Crippen molar-refractivity contribution in [1.82, 2.24) is 9.88 Å². The Morgan fingerprint density at radius 2 is 1.88 bits per heavy atom. The van der Waals surface area contributed by atoms with Gasteiger partial charge < -0.3 is 14.2 Å². The van der Waals surface area contributed by atoms with E-state index in [0.717, 1.165) is 6.07 Å². The Morgan fingerprint density at radius 1 is 1.18 bits per heavy atom. The molecule has 0 aliphatic carbocycles. The Hall–Kier alpha value is -3.91. The van der Waals surface area contributed by atoms with Crippen LogP contribution < -0.4 is 4.74 Å². The minimum Gasteiger partial charge on any atom is -0.483 e. The topological polar surface area (TPSA) is 81.0 Å². The molecule has 0 bridgehead atoms. The van der Waals surface area contributed by atoms with E-state index in [1.165, 1.54) is 30.9 Å². The number of hydrogen-bond donors (Lipinski definition) is 0. The highest BCUT2D eigenvalue weighted by Crippen LogP contribution is 2.35. The van der Waals surface area contributed by atoms with Gasteiger partial charge in [0.2, 0.25) is 0 Å². The zero-order valence-electron chi connectivity index (χ0n) is 23.4. The number of aryl methyl sites for hydroxylation is 2. The molecule has 0 fully saturated rings. The molecule has 0 saturated carbocycles. The minimum absolute atomic E-state index is 0.0869. The summed E-state index contributed by atoms with van der Waals surface area (Å²) in [6.07, 6.45) is 1.06. The zero-order chi connectivity index (χ0) is 29.8. The van der Waals surface area contributed by atoms with Crippen LogP contribution in [0.25, 0.3) is 0 Å². The molecule has 1 aliphatic heterocycles. The Morgan fingerprint density at radius 3 is 2.45 bits per heavy atom. The Labute approximate surface area is 231 Å². The van der Waals surface area contributed by atoms with Gasteiger partial charge in [0.25, 0.3) is 5.71 Å². The third-order valence-electron chi connectivity index (χ3n) is 6.19. The van der Waals surface area contributed by atoms with Gasteiger partial charge in [0.05, 0.1) is 32.0 Å². The number of methoxy groups -OCH3 is 1. The van der Waals surface area contributed by atoms with E-state index in [4.69, 9.17) is 20.6 Å². The number of halogens is 3. The molecule has 0 spiro atoms. The van der Waals surface area contributed by atoms with Gasteiger partial charge in [0.1, 0.15) is 17.5 Å². The van der Waals surface area contributed by atoms with Gasteiger partial charge in [-0.3, -0.25) is 4.90 Å². The van der Waals surface area contributed by atoms with Gasteiger partial charge in [0.15, 0.2) is 12.2 Å². The molecule has 1 aliphatic rings. The molecule has 3 rings (SSSR count). The maximum atomic E-state index is 13.7. The number of pyridine rings is 1. The Kier molecular flexibility index (Phi) is 9.25. The molecule has 1 unspecified atom stereocenters. The fraction of sp³-hybridized carbons (Fsp3) is 0.448. The lowest BCUT2D eigenvalue weighted by atomic mass is 10.0. The number of carbonyl (C=O) groups is 2. The number of benzene rings is 1. The number of ether oxygens (including phenoxy) is 3. The van der Waals surface area contributed by atoms with Crippen LogP contribution in [0.2, 0.25) is 0 Å². The van der Waals surface area contributed by atoms with Crippen molar-refractivity contribution in [3.05, 3.63) is 58.4 Å². The maximum absolute atomic E-state index is 13.7. The van der Waals surface area contributed by atoms with E-state index < -0.39 is 35.5 Å². The summed E-state index contributed by atoms with van der Waals surface area (Å²) >= 11 is 0. The molecule has 214 valence electrons. The van der Waals surface area contributed by atoms with E-state index in [1.54, 1.807) is 39.8 Å². The van der Waals surface area contributed by atoms with Crippen molar-refractivity contribution in [2.75, 3.05) is 33.3 Å². The summed E-state index contributed by atoms with van der Waals surface area (Å²) in [4.78, 5) is 30.6. The van der Waals surface area contributed by atoms with Crippen LogP contribution in [0.3, 0.4) is 0 Å². The lowest BCUT2D eigenvalue weighted by molar-refractivity contribution is -0.457. The highest BCUT2D eigenvalue weighted by Gasteiger charge is 2.36. The third kappa shape index (κ3) is 7.60. The molecule has 0 radical (unpaired) electrons. The molecule has 2 heterocycles. The average Bonchev–Trinajstić information content (AvgIpc) is 2.86. The molecule has 1 aromatic carbocycles. The molecule has 1 amide bonds. The van der Waals surface area contributed by atoms with Crippen LogP contribution in [-0.2, 0) is 15.7 Å². The highest BCUT2D eigenvalue weighted by molar-refractivity contribution is 6.00. The third-order valence-corrected chi connectivity index (χ3v) is 6.19. The predicted octanol–water partition coefficient (Wildman–Crippen LogP) is 4.96. The number of rotatable bonds is 6. The van der Waals surface area contributed by atoms with Crippen LogP contribution in [-0.4, -0.2) is 71.1 Å². The lowest BCUT2D eigenvalue weighted by Crippen LogP contribution is -2.48. The van der Waals surface area contributed by atoms with E-state index in [9.17, 15) is 22.8 Å². The number of esters is 1. The first-order chi connectivity index (χ1) is 18.6. The second kappa shape index (κ2) is 12.1. The highest BCUT2D eigenvalue weighted by atomic mass is 19.4. The number of alkyl halides is 3. The van der Waals surface area contributed by atoms with Gasteiger partial charge >= 0.3 is 18.2 Å². The van der Waals surface area contributed by atoms with Gasteiger partial charge in [0, 0.05) is 6.54 Å².